The summed E-state index contributed by atoms with van der Waals surface area (Å²) in [5.74, 6) is 0. The molecular weight excluding hydrogens is 429 g/mol. The Labute approximate surface area is 139 Å². The SMILES string of the molecule is OC(c1ccc2ncccc2c1)c1cc(Br)ccc1I. The van der Waals surface area contributed by atoms with Crippen molar-refractivity contribution in [2.24, 2.45) is 0 Å². The lowest BCUT2D eigenvalue weighted by molar-refractivity contribution is 0.219. The minimum Gasteiger partial charge on any atom is -0.384 e. The number of halogens is 2. The molecule has 2 aromatic carbocycles. The summed E-state index contributed by atoms with van der Waals surface area (Å²) in [4.78, 5) is 4.30. The highest BCUT2D eigenvalue weighted by Crippen LogP contribution is 2.30. The second kappa shape index (κ2) is 5.79. The maximum absolute atomic E-state index is 10.6. The maximum atomic E-state index is 10.6. The molecule has 100 valence electrons. The topological polar surface area (TPSA) is 33.1 Å². The Balaban J connectivity index is 2.07. The van der Waals surface area contributed by atoms with Gasteiger partial charge in [0, 0.05) is 19.6 Å². The van der Waals surface area contributed by atoms with Crippen LogP contribution in [-0.2, 0) is 0 Å². The Kier molecular flexibility index (Phi) is 4.05. The monoisotopic (exact) mass is 439 g/mol. The Morgan fingerprint density at radius 1 is 1.10 bits per heavy atom. The number of aliphatic hydroxyl groups excluding tert-OH is 1. The fraction of sp³-hybridized carbons (Fsp3) is 0.0625. The van der Waals surface area contributed by atoms with Crippen LogP contribution >= 0.6 is 38.5 Å². The van der Waals surface area contributed by atoms with Gasteiger partial charge >= 0.3 is 0 Å². The first-order chi connectivity index (χ1) is 9.65. The van der Waals surface area contributed by atoms with E-state index in [-0.39, 0.29) is 0 Å². The van der Waals surface area contributed by atoms with Gasteiger partial charge in [-0.3, -0.25) is 4.98 Å². The van der Waals surface area contributed by atoms with Crippen molar-refractivity contribution in [2.75, 3.05) is 0 Å². The number of benzene rings is 2. The number of aromatic nitrogens is 1. The highest BCUT2D eigenvalue weighted by molar-refractivity contribution is 14.1. The number of nitrogens with zero attached hydrogens (tertiary/aromatic N) is 1. The van der Waals surface area contributed by atoms with E-state index in [0.29, 0.717) is 0 Å². The summed E-state index contributed by atoms with van der Waals surface area (Å²) in [6.45, 7) is 0. The first-order valence-electron chi connectivity index (χ1n) is 6.13. The minimum absolute atomic E-state index is 0.635. The number of pyridine rings is 1. The molecule has 3 aromatic rings. The van der Waals surface area contributed by atoms with Gasteiger partial charge in [-0.25, -0.2) is 0 Å². The molecule has 0 radical (unpaired) electrons. The molecule has 20 heavy (non-hydrogen) atoms. The van der Waals surface area contributed by atoms with E-state index in [1.165, 1.54) is 0 Å². The molecule has 0 aliphatic rings. The smallest absolute Gasteiger partial charge is 0.105 e. The number of rotatable bonds is 2. The van der Waals surface area contributed by atoms with Crippen LogP contribution in [0.1, 0.15) is 17.2 Å². The van der Waals surface area contributed by atoms with E-state index in [0.717, 1.165) is 30.1 Å². The molecule has 0 aliphatic heterocycles. The molecule has 0 amide bonds. The molecule has 1 atom stereocenters. The highest BCUT2D eigenvalue weighted by atomic mass is 127. The molecular formula is C16H11BrINO. The summed E-state index contributed by atoms with van der Waals surface area (Å²) in [7, 11) is 0. The van der Waals surface area contributed by atoms with Crippen LogP contribution in [0.25, 0.3) is 10.9 Å². The lowest BCUT2D eigenvalue weighted by Gasteiger charge is -2.14. The third-order valence-electron chi connectivity index (χ3n) is 3.20. The fourth-order valence-electron chi connectivity index (χ4n) is 2.17. The van der Waals surface area contributed by atoms with Crippen LogP contribution < -0.4 is 0 Å². The third kappa shape index (κ3) is 2.73. The van der Waals surface area contributed by atoms with E-state index in [2.05, 4.69) is 43.5 Å². The summed E-state index contributed by atoms with van der Waals surface area (Å²) in [6, 6.07) is 15.7. The fourth-order valence-corrected chi connectivity index (χ4v) is 3.18. The van der Waals surface area contributed by atoms with Crippen LogP contribution in [0, 0.1) is 3.57 Å². The van der Waals surface area contributed by atoms with Gasteiger partial charge in [0.2, 0.25) is 0 Å². The lowest BCUT2D eigenvalue weighted by Crippen LogP contribution is -2.02. The van der Waals surface area contributed by atoms with E-state index < -0.39 is 6.10 Å². The van der Waals surface area contributed by atoms with E-state index in [1.807, 2.05) is 48.5 Å². The predicted molar refractivity (Wildman–Crippen MR) is 92.7 cm³/mol. The third-order valence-corrected chi connectivity index (χ3v) is 4.67. The molecule has 0 fully saturated rings. The lowest BCUT2D eigenvalue weighted by atomic mass is 10.00. The van der Waals surface area contributed by atoms with E-state index >= 15 is 0 Å². The van der Waals surface area contributed by atoms with Gasteiger partial charge in [-0.15, -0.1) is 0 Å². The first kappa shape index (κ1) is 14.0. The van der Waals surface area contributed by atoms with Crippen molar-refractivity contribution in [3.63, 3.8) is 0 Å². The van der Waals surface area contributed by atoms with E-state index in [9.17, 15) is 5.11 Å². The van der Waals surface area contributed by atoms with Gasteiger partial charge in [0.25, 0.3) is 0 Å². The number of hydrogen-bond acceptors (Lipinski definition) is 2. The van der Waals surface area contributed by atoms with Crippen LogP contribution in [-0.4, -0.2) is 10.1 Å². The van der Waals surface area contributed by atoms with Crippen LogP contribution in [0.5, 0.6) is 0 Å². The van der Waals surface area contributed by atoms with Gasteiger partial charge in [0.05, 0.1) is 5.52 Å². The molecule has 3 rings (SSSR count). The zero-order chi connectivity index (χ0) is 14.1. The molecule has 1 N–H and O–H groups in total. The molecule has 1 aromatic heterocycles. The van der Waals surface area contributed by atoms with Crippen molar-refractivity contribution in [2.45, 2.75) is 6.10 Å². The average Bonchev–Trinajstić information content (AvgIpc) is 2.48. The zero-order valence-corrected chi connectivity index (χ0v) is 14.2. The molecule has 0 bridgehead atoms. The van der Waals surface area contributed by atoms with Crippen LogP contribution in [0.3, 0.4) is 0 Å². The summed E-state index contributed by atoms with van der Waals surface area (Å²) < 4.78 is 2.01. The Bertz CT molecular complexity index is 775. The van der Waals surface area contributed by atoms with Gasteiger partial charge in [0.1, 0.15) is 6.10 Å². The average molecular weight is 440 g/mol. The van der Waals surface area contributed by atoms with Gasteiger partial charge in [-0.2, -0.15) is 0 Å². The van der Waals surface area contributed by atoms with Crippen molar-refractivity contribution in [1.82, 2.24) is 4.98 Å². The molecule has 0 spiro atoms. The van der Waals surface area contributed by atoms with Crippen LogP contribution in [0.4, 0.5) is 0 Å². The maximum Gasteiger partial charge on any atom is 0.105 e. The summed E-state index contributed by atoms with van der Waals surface area (Å²) in [6.07, 6.45) is 1.14. The van der Waals surface area contributed by atoms with Crippen molar-refractivity contribution in [3.8, 4) is 0 Å². The Morgan fingerprint density at radius 3 is 2.80 bits per heavy atom. The summed E-state index contributed by atoms with van der Waals surface area (Å²) in [5, 5.41) is 11.6. The first-order valence-corrected chi connectivity index (χ1v) is 8.00. The Morgan fingerprint density at radius 2 is 1.95 bits per heavy atom. The molecule has 4 heteroatoms. The molecule has 0 saturated heterocycles. The van der Waals surface area contributed by atoms with Crippen molar-refractivity contribution >= 4 is 49.4 Å². The molecule has 0 aliphatic carbocycles. The van der Waals surface area contributed by atoms with Gasteiger partial charge < -0.3 is 5.11 Å². The highest BCUT2D eigenvalue weighted by Gasteiger charge is 2.14. The quantitative estimate of drug-likeness (QED) is 0.588. The zero-order valence-electron chi connectivity index (χ0n) is 10.4. The molecule has 0 saturated carbocycles. The predicted octanol–water partition coefficient (Wildman–Crippen LogP) is 4.68. The molecule has 1 heterocycles. The minimum atomic E-state index is -0.635. The largest absolute Gasteiger partial charge is 0.384 e. The van der Waals surface area contributed by atoms with Crippen LogP contribution in [0.15, 0.2) is 59.2 Å². The van der Waals surface area contributed by atoms with E-state index in [1.54, 1.807) is 6.20 Å². The van der Waals surface area contributed by atoms with Crippen molar-refractivity contribution in [3.05, 3.63) is 73.9 Å². The second-order valence-electron chi connectivity index (χ2n) is 4.52. The number of aliphatic hydroxyl groups is 1. The number of hydrogen-bond donors (Lipinski definition) is 1. The van der Waals surface area contributed by atoms with Crippen LogP contribution in [0.2, 0.25) is 0 Å². The summed E-state index contributed by atoms with van der Waals surface area (Å²) >= 11 is 5.70. The standard InChI is InChI=1S/C16H11BrINO/c17-12-4-5-14(18)13(9-12)16(20)11-3-6-15-10(8-11)2-1-7-19-15/h1-9,16,20H. The number of fused-ring (bicyclic) bond motifs is 1. The molecule has 2 nitrogen and oxygen atoms in total. The second-order valence-corrected chi connectivity index (χ2v) is 6.60. The summed E-state index contributed by atoms with van der Waals surface area (Å²) in [5.41, 5.74) is 2.72. The Hall–Kier alpha value is -0.980. The van der Waals surface area contributed by atoms with Crippen molar-refractivity contribution < 1.29 is 5.11 Å². The normalized spacial score (nSPS) is 12.6. The van der Waals surface area contributed by atoms with Gasteiger partial charge in [-0.1, -0.05) is 28.1 Å². The molecule has 1 unspecified atom stereocenters. The van der Waals surface area contributed by atoms with E-state index in [4.69, 9.17) is 0 Å². The van der Waals surface area contributed by atoms with Crippen molar-refractivity contribution in [1.29, 1.82) is 0 Å². The van der Waals surface area contributed by atoms with Gasteiger partial charge in [0.15, 0.2) is 0 Å². The van der Waals surface area contributed by atoms with Gasteiger partial charge in [-0.05, 0) is 70.1 Å².